The minimum absolute atomic E-state index is 0.0311. The summed E-state index contributed by atoms with van der Waals surface area (Å²) >= 11 is 0. The largest absolute Gasteiger partial charge is 0.382 e. The van der Waals surface area contributed by atoms with Crippen molar-refractivity contribution in [1.29, 1.82) is 0 Å². The summed E-state index contributed by atoms with van der Waals surface area (Å²) in [6.07, 6.45) is 2.01. The molecule has 2 heterocycles. The Morgan fingerprint density at radius 2 is 2.33 bits per heavy atom. The van der Waals surface area contributed by atoms with Crippen LogP contribution >= 0.6 is 0 Å². The van der Waals surface area contributed by atoms with E-state index < -0.39 is 6.10 Å². The van der Waals surface area contributed by atoms with Gasteiger partial charge in [-0.2, -0.15) is 4.98 Å². The van der Waals surface area contributed by atoms with E-state index in [4.69, 9.17) is 14.0 Å². The molecule has 1 aliphatic heterocycles. The Morgan fingerprint density at radius 1 is 1.52 bits per heavy atom. The number of nitrogens with zero attached hydrogens (tertiary/aromatic N) is 3. The van der Waals surface area contributed by atoms with Crippen LogP contribution in [0.3, 0.4) is 0 Å². The van der Waals surface area contributed by atoms with Crippen molar-refractivity contribution in [1.82, 2.24) is 15.0 Å². The molecule has 118 valence electrons. The van der Waals surface area contributed by atoms with E-state index in [2.05, 4.69) is 10.1 Å². The highest BCUT2D eigenvalue weighted by atomic mass is 16.5. The predicted molar refractivity (Wildman–Crippen MR) is 74.7 cm³/mol. The van der Waals surface area contributed by atoms with E-state index in [1.165, 1.54) is 0 Å². The number of aromatic nitrogens is 2. The van der Waals surface area contributed by atoms with Gasteiger partial charge in [-0.3, -0.25) is 4.79 Å². The second-order valence-electron chi connectivity index (χ2n) is 5.10. The van der Waals surface area contributed by atoms with E-state index >= 15 is 0 Å². The molecule has 0 spiro atoms. The molecule has 0 aromatic carbocycles. The van der Waals surface area contributed by atoms with Crippen molar-refractivity contribution in [3.8, 4) is 0 Å². The molecular weight excluding hydrogens is 274 g/mol. The van der Waals surface area contributed by atoms with Crippen LogP contribution in [0.5, 0.6) is 0 Å². The van der Waals surface area contributed by atoms with E-state index in [1.807, 2.05) is 6.92 Å². The minimum atomic E-state index is -0.488. The number of ether oxygens (including phenoxy) is 2. The number of methoxy groups -OCH3 is 1. The average molecular weight is 297 g/mol. The Morgan fingerprint density at radius 3 is 3.00 bits per heavy atom. The second kappa shape index (κ2) is 7.51. The van der Waals surface area contributed by atoms with Gasteiger partial charge in [-0.1, -0.05) is 12.1 Å². The maximum absolute atomic E-state index is 12.5. The summed E-state index contributed by atoms with van der Waals surface area (Å²) in [5, 5.41) is 4.00. The van der Waals surface area contributed by atoms with Crippen LogP contribution in [0.1, 0.15) is 44.4 Å². The van der Waals surface area contributed by atoms with Crippen LogP contribution in [0.15, 0.2) is 4.52 Å². The number of carbonyl (C=O) groups is 1. The van der Waals surface area contributed by atoms with Gasteiger partial charge in [0.05, 0.1) is 19.3 Å². The molecule has 0 bridgehead atoms. The van der Waals surface area contributed by atoms with Crippen molar-refractivity contribution in [3.63, 3.8) is 0 Å². The van der Waals surface area contributed by atoms with E-state index in [1.54, 1.807) is 18.9 Å². The Hall–Kier alpha value is -1.47. The van der Waals surface area contributed by atoms with Crippen molar-refractivity contribution < 1.29 is 18.8 Å². The third-order valence-electron chi connectivity index (χ3n) is 3.62. The fourth-order valence-electron chi connectivity index (χ4n) is 2.46. The molecule has 0 aliphatic carbocycles. The van der Waals surface area contributed by atoms with Crippen LogP contribution in [-0.4, -0.2) is 53.9 Å². The molecule has 2 atom stereocenters. The lowest BCUT2D eigenvalue weighted by molar-refractivity contribution is -0.144. The molecule has 1 amide bonds. The van der Waals surface area contributed by atoms with Gasteiger partial charge >= 0.3 is 0 Å². The third kappa shape index (κ3) is 3.79. The number of amides is 1. The smallest absolute Gasteiger partial charge is 0.252 e. The van der Waals surface area contributed by atoms with Gasteiger partial charge in [0.15, 0.2) is 5.82 Å². The zero-order chi connectivity index (χ0) is 15.2. The van der Waals surface area contributed by atoms with Gasteiger partial charge in [0.2, 0.25) is 5.89 Å². The Bertz CT molecular complexity index is 463. The number of hydrogen-bond acceptors (Lipinski definition) is 6. The van der Waals surface area contributed by atoms with Gasteiger partial charge in [-0.25, -0.2) is 0 Å². The molecule has 7 nitrogen and oxygen atoms in total. The lowest BCUT2D eigenvalue weighted by Crippen LogP contribution is -2.39. The molecule has 1 aromatic heterocycles. The zero-order valence-electron chi connectivity index (χ0n) is 12.9. The number of rotatable bonds is 7. The number of carbonyl (C=O) groups excluding carboxylic acids is 1. The van der Waals surface area contributed by atoms with Crippen LogP contribution in [-0.2, 0) is 20.7 Å². The summed E-state index contributed by atoms with van der Waals surface area (Å²) in [5.74, 6) is 1.17. The summed E-state index contributed by atoms with van der Waals surface area (Å²) in [4.78, 5) is 18.6. The molecular formula is C14H23N3O4. The Kier molecular flexibility index (Phi) is 5.69. The standard InChI is InChI=1S/C14H23N3O4/c1-4-12-15-13(16-21-12)11-6-5-7-17(11)14(18)10(2)20-9-8-19-3/h10-11H,4-9H2,1-3H3/t10-,11+/m1/s1. The highest BCUT2D eigenvalue weighted by molar-refractivity contribution is 5.81. The highest BCUT2D eigenvalue weighted by Crippen LogP contribution is 2.30. The average Bonchev–Trinajstić information content (AvgIpc) is 3.14. The van der Waals surface area contributed by atoms with Gasteiger partial charge in [0, 0.05) is 20.1 Å². The fourth-order valence-corrected chi connectivity index (χ4v) is 2.46. The van der Waals surface area contributed by atoms with Gasteiger partial charge in [0.25, 0.3) is 5.91 Å². The molecule has 2 rings (SSSR count). The molecule has 21 heavy (non-hydrogen) atoms. The number of likely N-dealkylation sites (tertiary alicyclic amines) is 1. The topological polar surface area (TPSA) is 77.7 Å². The molecule has 0 radical (unpaired) electrons. The van der Waals surface area contributed by atoms with Gasteiger partial charge in [-0.05, 0) is 19.8 Å². The lowest BCUT2D eigenvalue weighted by atomic mass is 10.2. The third-order valence-corrected chi connectivity index (χ3v) is 3.62. The Labute approximate surface area is 124 Å². The van der Waals surface area contributed by atoms with Gasteiger partial charge in [0.1, 0.15) is 6.10 Å². The number of aryl methyl sites for hydroxylation is 1. The quantitative estimate of drug-likeness (QED) is 0.707. The molecule has 0 N–H and O–H groups in total. The van der Waals surface area contributed by atoms with E-state index in [0.717, 1.165) is 12.8 Å². The SMILES string of the molecule is CCc1nc([C@@H]2CCCN2C(=O)[C@@H](C)OCCOC)no1. The maximum atomic E-state index is 12.5. The van der Waals surface area contributed by atoms with E-state index in [0.29, 0.717) is 37.9 Å². The lowest BCUT2D eigenvalue weighted by Gasteiger charge is -2.25. The summed E-state index contributed by atoms with van der Waals surface area (Å²) in [6, 6.07) is -0.102. The first kappa shape index (κ1) is 15.9. The molecule has 1 aromatic rings. The molecule has 1 fully saturated rings. The van der Waals surface area contributed by atoms with Crippen LogP contribution in [0.25, 0.3) is 0 Å². The normalized spacial score (nSPS) is 20.0. The summed E-state index contributed by atoms with van der Waals surface area (Å²) in [5.41, 5.74) is 0. The molecule has 0 saturated carbocycles. The van der Waals surface area contributed by atoms with E-state index in [9.17, 15) is 4.79 Å². The second-order valence-corrected chi connectivity index (χ2v) is 5.10. The molecule has 1 aliphatic rings. The van der Waals surface area contributed by atoms with Crippen molar-refractivity contribution in [2.24, 2.45) is 0 Å². The Balaban J connectivity index is 1.98. The highest BCUT2D eigenvalue weighted by Gasteiger charge is 2.35. The van der Waals surface area contributed by atoms with Crippen molar-refractivity contribution in [2.45, 2.75) is 45.3 Å². The summed E-state index contributed by atoms with van der Waals surface area (Å²) in [7, 11) is 1.61. The van der Waals surface area contributed by atoms with Gasteiger partial charge in [-0.15, -0.1) is 0 Å². The minimum Gasteiger partial charge on any atom is -0.382 e. The zero-order valence-corrected chi connectivity index (χ0v) is 12.9. The predicted octanol–water partition coefficient (Wildman–Crippen LogP) is 1.35. The maximum Gasteiger partial charge on any atom is 0.252 e. The van der Waals surface area contributed by atoms with Crippen LogP contribution in [0.4, 0.5) is 0 Å². The fraction of sp³-hybridized carbons (Fsp3) is 0.786. The van der Waals surface area contributed by atoms with Crippen LogP contribution in [0, 0.1) is 0 Å². The number of hydrogen-bond donors (Lipinski definition) is 0. The first-order valence-electron chi connectivity index (χ1n) is 7.40. The van der Waals surface area contributed by atoms with Crippen molar-refractivity contribution >= 4 is 5.91 Å². The van der Waals surface area contributed by atoms with Crippen molar-refractivity contribution in [2.75, 3.05) is 26.9 Å². The summed E-state index contributed by atoms with van der Waals surface area (Å²) < 4.78 is 15.6. The molecule has 0 unspecified atom stereocenters. The summed E-state index contributed by atoms with van der Waals surface area (Å²) in [6.45, 7) is 5.31. The van der Waals surface area contributed by atoms with Crippen molar-refractivity contribution in [3.05, 3.63) is 11.7 Å². The van der Waals surface area contributed by atoms with Gasteiger partial charge < -0.3 is 18.9 Å². The molecule has 1 saturated heterocycles. The molecule has 7 heteroatoms. The first-order valence-corrected chi connectivity index (χ1v) is 7.40. The van der Waals surface area contributed by atoms with E-state index in [-0.39, 0.29) is 11.9 Å². The van der Waals surface area contributed by atoms with Crippen LogP contribution < -0.4 is 0 Å². The monoisotopic (exact) mass is 297 g/mol. The first-order chi connectivity index (χ1) is 10.2. The van der Waals surface area contributed by atoms with Crippen LogP contribution in [0.2, 0.25) is 0 Å².